The summed E-state index contributed by atoms with van der Waals surface area (Å²) in [5, 5.41) is 72.4. The zero-order valence-electron chi connectivity index (χ0n) is 22.3. The third-order valence-electron chi connectivity index (χ3n) is 9.68. The number of ether oxygens (including phenoxy) is 4. The summed E-state index contributed by atoms with van der Waals surface area (Å²) in [6, 6.07) is 0. The van der Waals surface area contributed by atoms with Crippen molar-refractivity contribution in [1.29, 1.82) is 0 Å². The summed E-state index contributed by atoms with van der Waals surface area (Å²) in [7, 11) is 0. The maximum Gasteiger partial charge on any atom is 0.187 e. The molecule has 2 aliphatic heterocycles. The number of hydrogen-bond donors (Lipinski definition) is 7. The number of hydrogen-bond acceptors (Lipinski definition) is 11. The molecule has 7 N–H and O–H groups in total. The van der Waals surface area contributed by atoms with Crippen molar-refractivity contribution in [3.8, 4) is 0 Å². The Morgan fingerprint density at radius 2 is 1.65 bits per heavy atom. The first-order valence-corrected chi connectivity index (χ1v) is 13.5. The molecule has 11 nitrogen and oxygen atoms in total. The van der Waals surface area contributed by atoms with Crippen LogP contribution in [0.2, 0.25) is 0 Å². The molecule has 0 aromatic heterocycles. The standard InChI is InChI=1S/C26H46O11/c1-23(2,14-6-9-24(3)7-5-8-25(4,32)16(24)10-14)37-21-19(30)18(29)17(28)15(36-21)11-34-22-20(31)26(33,12-27)13-35-22/h14-22,27-33H,5-13H2,1-4H3/t14-,15-,16-,17-,18+,19-,20+,21+,22-,24-,25-,26?/m1/s1. The normalized spacial score (nSPS) is 51.2. The summed E-state index contributed by atoms with van der Waals surface area (Å²) >= 11 is 0. The lowest BCUT2D eigenvalue weighted by Crippen LogP contribution is -2.61. The Morgan fingerprint density at radius 1 is 0.946 bits per heavy atom. The molecule has 2 aliphatic carbocycles. The lowest BCUT2D eigenvalue weighted by molar-refractivity contribution is -0.336. The van der Waals surface area contributed by atoms with Gasteiger partial charge in [0.2, 0.25) is 0 Å². The Morgan fingerprint density at radius 3 is 2.30 bits per heavy atom. The first-order chi connectivity index (χ1) is 17.1. The molecule has 2 heterocycles. The van der Waals surface area contributed by atoms with Gasteiger partial charge in [-0.25, -0.2) is 0 Å². The predicted octanol–water partition coefficient (Wildman–Crippen LogP) is -0.596. The highest BCUT2D eigenvalue weighted by molar-refractivity contribution is 5.04. The van der Waals surface area contributed by atoms with Crippen molar-refractivity contribution in [2.45, 2.75) is 126 Å². The Hall–Kier alpha value is -0.440. The third-order valence-corrected chi connectivity index (χ3v) is 9.68. The van der Waals surface area contributed by atoms with Gasteiger partial charge in [0.15, 0.2) is 12.6 Å². The number of aliphatic hydroxyl groups is 7. The van der Waals surface area contributed by atoms with E-state index in [9.17, 15) is 35.7 Å². The fourth-order valence-corrected chi connectivity index (χ4v) is 7.00. The minimum atomic E-state index is -1.86. The van der Waals surface area contributed by atoms with E-state index in [-0.39, 0.29) is 30.5 Å². The van der Waals surface area contributed by atoms with E-state index in [2.05, 4.69) is 6.92 Å². The average molecular weight is 535 g/mol. The van der Waals surface area contributed by atoms with Crippen molar-refractivity contribution >= 4 is 0 Å². The smallest absolute Gasteiger partial charge is 0.187 e. The van der Waals surface area contributed by atoms with Crippen molar-refractivity contribution in [2.24, 2.45) is 17.3 Å². The van der Waals surface area contributed by atoms with Crippen LogP contribution in [0.5, 0.6) is 0 Å². The zero-order valence-corrected chi connectivity index (χ0v) is 22.3. The van der Waals surface area contributed by atoms with Gasteiger partial charge < -0.3 is 54.7 Å². The Bertz CT molecular complexity index is 792. The van der Waals surface area contributed by atoms with E-state index in [1.807, 2.05) is 20.8 Å². The second-order valence-corrected chi connectivity index (χ2v) is 12.8. The molecular weight excluding hydrogens is 488 g/mol. The summed E-state index contributed by atoms with van der Waals surface area (Å²) in [4.78, 5) is 0. The molecule has 0 aromatic rings. The first-order valence-electron chi connectivity index (χ1n) is 13.5. The lowest BCUT2D eigenvalue weighted by atomic mass is 9.52. The van der Waals surface area contributed by atoms with Gasteiger partial charge in [0.05, 0.1) is 31.0 Å². The molecule has 4 rings (SSSR count). The molecule has 0 aromatic carbocycles. The van der Waals surface area contributed by atoms with Crippen LogP contribution < -0.4 is 0 Å². The van der Waals surface area contributed by atoms with Gasteiger partial charge in [0.1, 0.15) is 36.1 Å². The summed E-state index contributed by atoms with van der Waals surface area (Å²) in [5.74, 6) is 0.194. The fraction of sp³-hybridized carbons (Fsp3) is 1.00. The minimum absolute atomic E-state index is 0.0721. The number of rotatable bonds is 7. The monoisotopic (exact) mass is 534 g/mol. The van der Waals surface area contributed by atoms with E-state index in [0.29, 0.717) is 0 Å². The van der Waals surface area contributed by atoms with Crippen LogP contribution in [-0.4, -0.2) is 115 Å². The van der Waals surface area contributed by atoms with E-state index >= 15 is 0 Å². The number of aliphatic hydroxyl groups excluding tert-OH is 5. The molecule has 2 saturated carbocycles. The van der Waals surface area contributed by atoms with Crippen molar-refractivity contribution in [1.82, 2.24) is 0 Å². The predicted molar refractivity (Wildman–Crippen MR) is 129 cm³/mol. The molecule has 216 valence electrons. The van der Waals surface area contributed by atoms with E-state index in [1.54, 1.807) is 0 Å². The van der Waals surface area contributed by atoms with Crippen LogP contribution in [0.3, 0.4) is 0 Å². The highest BCUT2D eigenvalue weighted by Crippen LogP contribution is 2.57. The number of fused-ring (bicyclic) bond motifs is 1. The molecule has 11 heteroatoms. The van der Waals surface area contributed by atoms with Crippen LogP contribution in [0.4, 0.5) is 0 Å². The fourth-order valence-electron chi connectivity index (χ4n) is 7.00. The molecule has 0 radical (unpaired) electrons. The second kappa shape index (κ2) is 10.5. The molecule has 4 aliphatic rings. The van der Waals surface area contributed by atoms with Gasteiger partial charge in [-0.05, 0) is 70.1 Å². The Balaban J connectivity index is 1.40. The average Bonchev–Trinajstić information content (AvgIpc) is 3.12. The molecular formula is C26H46O11. The minimum Gasteiger partial charge on any atom is -0.393 e. The maximum absolute atomic E-state index is 11.2. The van der Waals surface area contributed by atoms with Gasteiger partial charge in [-0.1, -0.05) is 13.3 Å². The molecule has 4 fully saturated rings. The summed E-state index contributed by atoms with van der Waals surface area (Å²) in [5.41, 5.74) is -3.30. The van der Waals surface area contributed by atoms with E-state index in [0.717, 1.165) is 38.5 Å². The van der Waals surface area contributed by atoms with Gasteiger partial charge in [-0.3, -0.25) is 0 Å². The SMILES string of the molecule is CC(C)(O[C@@H]1O[C@H](CO[C@@H]2OCC(O)(CO)[C@H]2O)[C@@H](O)[C@H](O)[C@H]1O)[C@@H]1CC[C@@]2(C)CCC[C@@](C)(O)[C@@H]2C1. The quantitative estimate of drug-likeness (QED) is 0.222. The van der Waals surface area contributed by atoms with Crippen LogP contribution >= 0.6 is 0 Å². The molecule has 37 heavy (non-hydrogen) atoms. The molecule has 12 atom stereocenters. The van der Waals surface area contributed by atoms with Crippen molar-refractivity contribution in [3.63, 3.8) is 0 Å². The van der Waals surface area contributed by atoms with Crippen molar-refractivity contribution in [2.75, 3.05) is 19.8 Å². The molecule has 0 amide bonds. The van der Waals surface area contributed by atoms with Crippen molar-refractivity contribution < 1.29 is 54.7 Å². The maximum atomic E-state index is 11.2. The van der Waals surface area contributed by atoms with Gasteiger partial charge in [-0.2, -0.15) is 0 Å². The van der Waals surface area contributed by atoms with E-state index in [1.165, 1.54) is 0 Å². The molecule has 2 saturated heterocycles. The summed E-state index contributed by atoms with van der Waals surface area (Å²) in [6.45, 7) is 6.63. The third kappa shape index (κ3) is 5.60. The molecule has 0 bridgehead atoms. The van der Waals surface area contributed by atoms with Crippen molar-refractivity contribution in [3.05, 3.63) is 0 Å². The summed E-state index contributed by atoms with van der Waals surface area (Å²) in [6.07, 6.45) is -4.26. The Kier molecular flexibility index (Phi) is 8.39. The van der Waals surface area contributed by atoms with Gasteiger partial charge in [0, 0.05) is 0 Å². The molecule has 0 spiro atoms. The first kappa shape index (κ1) is 29.5. The van der Waals surface area contributed by atoms with Crippen LogP contribution in [0.25, 0.3) is 0 Å². The largest absolute Gasteiger partial charge is 0.393 e. The van der Waals surface area contributed by atoms with E-state index in [4.69, 9.17) is 18.9 Å². The highest BCUT2D eigenvalue weighted by atomic mass is 16.7. The summed E-state index contributed by atoms with van der Waals surface area (Å²) < 4.78 is 22.8. The van der Waals surface area contributed by atoms with Gasteiger partial charge in [-0.15, -0.1) is 0 Å². The van der Waals surface area contributed by atoms with Crippen LogP contribution in [0.1, 0.15) is 66.2 Å². The topological polar surface area (TPSA) is 179 Å². The van der Waals surface area contributed by atoms with Crippen LogP contribution in [0.15, 0.2) is 0 Å². The Labute approximate surface area is 218 Å². The molecule has 1 unspecified atom stereocenters. The van der Waals surface area contributed by atoms with Crippen LogP contribution in [-0.2, 0) is 18.9 Å². The van der Waals surface area contributed by atoms with Gasteiger partial charge in [0.25, 0.3) is 0 Å². The van der Waals surface area contributed by atoms with Gasteiger partial charge >= 0.3 is 0 Å². The second-order valence-electron chi connectivity index (χ2n) is 12.8. The van der Waals surface area contributed by atoms with E-state index < -0.39 is 66.5 Å². The van der Waals surface area contributed by atoms with Crippen LogP contribution in [0, 0.1) is 17.3 Å². The zero-order chi connectivity index (χ0) is 27.4. The lowest BCUT2D eigenvalue weighted by Gasteiger charge is -2.56. The highest BCUT2D eigenvalue weighted by Gasteiger charge is 2.55.